The van der Waals surface area contributed by atoms with Crippen molar-refractivity contribution in [2.24, 2.45) is 10.4 Å². The van der Waals surface area contributed by atoms with Crippen molar-refractivity contribution in [3.63, 3.8) is 0 Å². The molecule has 1 aromatic rings. The number of hydrogen-bond donors (Lipinski definition) is 1. The van der Waals surface area contributed by atoms with Gasteiger partial charge < -0.3 is 19.7 Å². The summed E-state index contributed by atoms with van der Waals surface area (Å²) in [5.41, 5.74) is 0.171. The highest BCUT2D eigenvalue weighted by Gasteiger charge is 2.31. The van der Waals surface area contributed by atoms with E-state index in [9.17, 15) is 0 Å². The molecular formula is C18H28N4O2. The van der Waals surface area contributed by atoms with Crippen molar-refractivity contribution in [1.82, 2.24) is 15.2 Å². The quantitative estimate of drug-likeness (QED) is 0.659. The fourth-order valence-corrected chi connectivity index (χ4v) is 3.13. The Bertz CT molecular complexity index is 543. The summed E-state index contributed by atoms with van der Waals surface area (Å²) >= 11 is 0. The van der Waals surface area contributed by atoms with Gasteiger partial charge in [-0.1, -0.05) is 13.0 Å². The molecule has 1 aromatic heterocycles. The molecular weight excluding hydrogens is 304 g/mol. The minimum atomic E-state index is 0.161. The monoisotopic (exact) mass is 332 g/mol. The zero-order valence-corrected chi connectivity index (χ0v) is 14.7. The van der Waals surface area contributed by atoms with E-state index in [4.69, 9.17) is 14.5 Å². The summed E-state index contributed by atoms with van der Waals surface area (Å²) in [6.07, 6.45) is 4.00. The number of hydrogen-bond acceptors (Lipinski definition) is 4. The molecule has 2 saturated heterocycles. The minimum Gasteiger partial charge on any atom is -0.472 e. The molecule has 0 spiro atoms. The predicted octanol–water partition coefficient (Wildman–Crippen LogP) is 1.93. The first kappa shape index (κ1) is 17.0. The van der Waals surface area contributed by atoms with Gasteiger partial charge in [0.15, 0.2) is 5.96 Å². The van der Waals surface area contributed by atoms with Crippen molar-refractivity contribution in [3.8, 4) is 5.88 Å². The van der Waals surface area contributed by atoms with Gasteiger partial charge in [-0.25, -0.2) is 4.98 Å². The third-order valence-electron chi connectivity index (χ3n) is 4.62. The van der Waals surface area contributed by atoms with Crippen molar-refractivity contribution in [1.29, 1.82) is 0 Å². The summed E-state index contributed by atoms with van der Waals surface area (Å²) in [4.78, 5) is 11.4. The number of aliphatic imine (C=N–C) groups is 1. The fourth-order valence-electron chi connectivity index (χ4n) is 3.13. The lowest BCUT2D eigenvalue weighted by molar-refractivity contribution is 0.162. The first-order valence-electron chi connectivity index (χ1n) is 8.87. The van der Waals surface area contributed by atoms with Crippen LogP contribution in [0.5, 0.6) is 5.88 Å². The van der Waals surface area contributed by atoms with Crippen molar-refractivity contribution in [3.05, 3.63) is 24.4 Å². The Hall–Kier alpha value is -1.82. The SMILES string of the molecule is CCNC(=NCC1(C)CCOC1)N1CCC(Oc2ccccn2)C1. The van der Waals surface area contributed by atoms with Crippen LogP contribution in [0.25, 0.3) is 0 Å². The van der Waals surface area contributed by atoms with Gasteiger partial charge in [0.1, 0.15) is 6.10 Å². The summed E-state index contributed by atoms with van der Waals surface area (Å²) in [5.74, 6) is 1.68. The normalized spacial score (nSPS) is 27.5. The second kappa shape index (κ2) is 7.83. The highest BCUT2D eigenvalue weighted by Crippen LogP contribution is 2.28. The molecule has 3 heterocycles. The number of rotatable bonds is 5. The lowest BCUT2D eigenvalue weighted by Crippen LogP contribution is -2.41. The van der Waals surface area contributed by atoms with Gasteiger partial charge in [0.2, 0.25) is 5.88 Å². The van der Waals surface area contributed by atoms with E-state index in [2.05, 4.69) is 29.0 Å². The van der Waals surface area contributed by atoms with E-state index in [1.165, 1.54) is 0 Å². The number of nitrogens with zero attached hydrogens (tertiary/aromatic N) is 3. The van der Waals surface area contributed by atoms with Gasteiger partial charge in [-0.3, -0.25) is 4.99 Å². The van der Waals surface area contributed by atoms with Crippen LogP contribution in [0, 0.1) is 5.41 Å². The van der Waals surface area contributed by atoms with E-state index in [1.54, 1.807) is 6.20 Å². The van der Waals surface area contributed by atoms with Gasteiger partial charge in [0.25, 0.3) is 0 Å². The smallest absolute Gasteiger partial charge is 0.213 e. The Morgan fingerprint density at radius 2 is 2.46 bits per heavy atom. The van der Waals surface area contributed by atoms with E-state index < -0.39 is 0 Å². The number of pyridine rings is 1. The molecule has 2 aliphatic heterocycles. The third kappa shape index (κ3) is 4.38. The second-order valence-electron chi connectivity index (χ2n) is 6.93. The maximum Gasteiger partial charge on any atom is 0.213 e. The molecule has 0 radical (unpaired) electrons. The summed E-state index contributed by atoms with van der Waals surface area (Å²) in [5, 5.41) is 3.41. The summed E-state index contributed by atoms with van der Waals surface area (Å²) in [6, 6.07) is 5.75. The van der Waals surface area contributed by atoms with E-state index in [-0.39, 0.29) is 11.5 Å². The van der Waals surface area contributed by atoms with Crippen LogP contribution in [0.1, 0.15) is 26.7 Å². The number of likely N-dealkylation sites (tertiary alicyclic amines) is 1. The summed E-state index contributed by atoms with van der Waals surface area (Å²) in [7, 11) is 0. The van der Waals surface area contributed by atoms with Crippen LogP contribution >= 0.6 is 0 Å². The average Bonchev–Trinajstić information content (AvgIpc) is 3.22. The Kier molecular flexibility index (Phi) is 5.56. The van der Waals surface area contributed by atoms with Crippen molar-refractivity contribution in [2.75, 3.05) is 39.4 Å². The van der Waals surface area contributed by atoms with Crippen LogP contribution in [0.2, 0.25) is 0 Å². The Labute approximate surface area is 144 Å². The van der Waals surface area contributed by atoms with Crippen LogP contribution in [-0.2, 0) is 4.74 Å². The van der Waals surface area contributed by atoms with Gasteiger partial charge in [-0.05, 0) is 19.4 Å². The molecule has 132 valence electrons. The minimum absolute atomic E-state index is 0.161. The van der Waals surface area contributed by atoms with Crippen molar-refractivity contribution in [2.45, 2.75) is 32.8 Å². The third-order valence-corrected chi connectivity index (χ3v) is 4.62. The van der Waals surface area contributed by atoms with Gasteiger partial charge in [-0.2, -0.15) is 0 Å². The van der Waals surface area contributed by atoms with Crippen molar-refractivity contribution >= 4 is 5.96 Å². The molecule has 1 N–H and O–H groups in total. The van der Waals surface area contributed by atoms with E-state index in [1.807, 2.05) is 18.2 Å². The Morgan fingerprint density at radius 3 is 3.17 bits per heavy atom. The van der Waals surface area contributed by atoms with Gasteiger partial charge >= 0.3 is 0 Å². The predicted molar refractivity (Wildman–Crippen MR) is 94.4 cm³/mol. The molecule has 0 saturated carbocycles. The fraction of sp³-hybridized carbons (Fsp3) is 0.667. The molecule has 0 bridgehead atoms. The van der Waals surface area contributed by atoms with Gasteiger partial charge in [0.05, 0.1) is 19.7 Å². The van der Waals surface area contributed by atoms with Gasteiger partial charge in [0, 0.05) is 43.8 Å². The number of nitrogens with one attached hydrogen (secondary N) is 1. The van der Waals surface area contributed by atoms with Crippen LogP contribution in [-0.4, -0.2) is 61.3 Å². The zero-order valence-electron chi connectivity index (χ0n) is 14.7. The Balaban J connectivity index is 1.58. The summed E-state index contributed by atoms with van der Waals surface area (Å²) in [6.45, 7) is 9.49. The molecule has 2 atom stereocenters. The molecule has 0 amide bonds. The van der Waals surface area contributed by atoms with Crippen LogP contribution in [0.15, 0.2) is 29.4 Å². The lowest BCUT2D eigenvalue weighted by Gasteiger charge is -2.24. The first-order chi connectivity index (χ1) is 11.7. The molecule has 2 unspecified atom stereocenters. The number of aromatic nitrogens is 1. The lowest BCUT2D eigenvalue weighted by atomic mass is 9.90. The molecule has 3 rings (SSSR count). The van der Waals surface area contributed by atoms with E-state index in [0.29, 0.717) is 5.88 Å². The maximum atomic E-state index is 5.98. The molecule has 24 heavy (non-hydrogen) atoms. The number of ether oxygens (including phenoxy) is 2. The van der Waals surface area contributed by atoms with Gasteiger partial charge in [-0.15, -0.1) is 0 Å². The Morgan fingerprint density at radius 1 is 1.54 bits per heavy atom. The standard InChI is InChI=1S/C18H28N4O2/c1-3-19-17(21-13-18(2)8-11-23-14-18)22-10-7-15(12-22)24-16-6-4-5-9-20-16/h4-6,9,15H,3,7-8,10-14H2,1-2H3,(H,19,21). The molecule has 0 aliphatic carbocycles. The zero-order chi connectivity index (χ0) is 16.8. The average molecular weight is 332 g/mol. The molecule has 6 heteroatoms. The van der Waals surface area contributed by atoms with E-state index in [0.717, 1.165) is 58.2 Å². The maximum absolute atomic E-state index is 5.98. The topological polar surface area (TPSA) is 59.0 Å². The largest absolute Gasteiger partial charge is 0.472 e. The molecule has 2 fully saturated rings. The van der Waals surface area contributed by atoms with Crippen LogP contribution in [0.3, 0.4) is 0 Å². The molecule has 0 aromatic carbocycles. The summed E-state index contributed by atoms with van der Waals surface area (Å²) < 4.78 is 11.5. The first-order valence-corrected chi connectivity index (χ1v) is 8.87. The molecule has 2 aliphatic rings. The van der Waals surface area contributed by atoms with E-state index >= 15 is 0 Å². The van der Waals surface area contributed by atoms with Crippen LogP contribution < -0.4 is 10.1 Å². The number of guanidine groups is 1. The van der Waals surface area contributed by atoms with Crippen LogP contribution in [0.4, 0.5) is 0 Å². The highest BCUT2D eigenvalue weighted by molar-refractivity contribution is 5.80. The highest BCUT2D eigenvalue weighted by atomic mass is 16.5. The van der Waals surface area contributed by atoms with Crippen molar-refractivity contribution < 1.29 is 9.47 Å². The second-order valence-corrected chi connectivity index (χ2v) is 6.93. The molecule has 6 nitrogen and oxygen atoms in total.